The third-order valence-electron chi connectivity index (χ3n) is 3.64. The van der Waals surface area contributed by atoms with Gasteiger partial charge in [0.25, 0.3) is 0 Å². The molecule has 2 saturated heterocycles. The van der Waals surface area contributed by atoms with Crippen LogP contribution in [-0.4, -0.2) is 48.6 Å². The molecule has 18 heavy (non-hydrogen) atoms. The second kappa shape index (κ2) is 8.20. The molecular weight excluding hydrogens is 262 g/mol. The van der Waals surface area contributed by atoms with Crippen LogP contribution in [0, 0.1) is 5.92 Å². The average Bonchev–Trinajstić information content (AvgIpc) is 2.93. The lowest BCUT2D eigenvalue weighted by Gasteiger charge is -2.23. The van der Waals surface area contributed by atoms with Crippen LogP contribution in [0.25, 0.3) is 0 Å². The molecule has 1 atom stereocenters. The summed E-state index contributed by atoms with van der Waals surface area (Å²) in [7, 11) is 1.87. The van der Waals surface area contributed by atoms with Crippen molar-refractivity contribution in [2.45, 2.75) is 30.9 Å². The molecule has 0 saturated carbocycles. The highest BCUT2D eigenvalue weighted by Crippen LogP contribution is 2.25. The lowest BCUT2D eigenvalue weighted by molar-refractivity contribution is 0.479. The van der Waals surface area contributed by atoms with Gasteiger partial charge in [-0.3, -0.25) is 4.99 Å². The number of nitrogens with one attached hydrogen (secondary N) is 2. The molecule has 0 bridgehead atoms. The highest BCUT2D eigenvalue weighted by molar-refractivity contribution is 8.00. The second-order valence-electron chi connectivity index (χ2n) is 5.02. The van der Waals surface area contributed by atoms with Crippen molar-refractivity contribution in [1.82, 2.24) is 10.6 Å². The third-order valence-corrected chi connectivity index (χ3v) is 6.09. The molecule has 0 radical (unpaired) electrons. The van der Waals surface area contributed by atoms with E-state index in [1.165, 1.54) is 42.9 Å². The van der Waals surface area contributed by atoms with Crippen LogP contribution in [0.1, 0.15) is 25.7 Å². The average molecular weight is 287 g/mol. The molecule has 2 aliphatic heterocycles. The van der Waals surface area contributed by atoms with E-state index in [1.54, 1.807) is 0 Å². The van der Waals surface area contributed by atoms with Gasteiger partial charge < -0.3 is 10.6 Å². The first-order chi connectivity index (χ1) is 8.88. The summed E-state index contributed by atoms with van der Waals surface area (Å²) in [4.78, 5) is 4.31. The van der Waals surface area contributed by atoms with Crippen LogP contribution < -0.4 is 10.6 Å². The predicted octanol–water partition coefficient (Wildman–Crippen LogP) is 2.19. The zero-order valence-corrected chi connectivity index (χ0v) is 12.9. The van der Waals surface area contributed by atoms with Crippen molar-refractivity contribution in [3.8, 4) is 0 Å². The molecule has 0 aromatic heterocycles. The molecule has 2 heterocycles. The molecule has 2 N–H and O–H groups in total. The van der Waals surface area contributed by atoms with Gasteiger partial charge in [0, 0.05) is 25.4 Å². The molecule has 0 amide bonds. The van der Waals surface area contributed by atoms with Crippen molar-refractivity contribution in [1.29, 1.82) is 0 Å². The summed E-state index contributed by atoms with van der Waals surface area (Å²) in [6, 6.07) is 0. The molecular formula is C13H25N3S2. The Hall–Kier alpha value is -0.0300. The van der Waals surface area contributed by atoms with Crippen molar-refractivity contribution in [3.05, 3.63) is 0 Å². The van der Waals surface area contributed by atoms with Crippen molar-refractivity contribution in [2.24, 2.45) is 10.9 Å². The molecule has 0 aliphatic carbocycles. The van der Waals surface area contributed by atoms with E-state index < -0.39 is 0 Å². The van der Waals surface area contributed by atoms with Crippen molar-refractivity contribution >= 4 is 29.5 Å². The normalized spacial score (nSPS) is 26.3. The smallest absolute Gasteiger partial charge is 0.191 e. The molecule has 0 spiro atoms. The number of rotatable bonds is 4. The minimum atomic E-state index is 0.787. The van der Waals surface area contributed by atoms with Crippen LogP contribution in [0.2, 0.25) is 0 Å². The number of hydrogen-bond acceptors (Lipinski definition) is 3. The van der Waals surface area contributed by atoms with Gasteiger partial charge in [-0.05, 0) is 48.9 Å². The Morgan fingerprint density at radius 1 is 1.11 bits per heavy atom. The minimum absolute atomic E-state index is 0.787. The number of thioether (sulfide) groups is 2. The largest absolute Gasteiger partial charge is 0.356 e. The van der Waals surface area contributed by atoms with Crippen molar-refractivity contribution < 1.29 is 0 Å². The molecule has 2 rings (SSSR count). The fraction of sp³-hybridized carbons (Fsp3) is 0.923. The van der Waals surface area contributed by atoms with Gasteiger partial charge in [-0.15, -0.1) is 0 Å². The molecule has 1 unspecified atom stereocenters. The summed E-state index contributed by atoms with van der Waals surface area (Å²) in [5.74, 6) is 5.82. The molecule has 5 heteroatoms. The maximum Gasteiger partial charge on any atom is 0.191 e. The minimum Gasteiger partial charge on any atom is -0.356 e. The maximum absolute atomic E-state index is 4.31. The van der Waals surface area contributed by atoms with Gasteiger partial charge in [-0.2, -0.15) is 23.5 Å². The van der Waals surface area contributed by atoms with E-state index in [0.717, 1.165) is 30.2 Å². The predicted molar refractivity (Wildman–Crippen MR) is 84.9 cm³/mol. The van der Waals surface area contributed by atoms with Gasteiger partial charge in [0.05, 0.1) is 0 Å². The summed E-state index contributed by atoms with van der Waals surface area (Å²) in [5, 5.41) is 7.73. The first kappa shape index (κ1) is 14.4. The Kier molecular flexibility index (Phi) is 6.55. The number of hydrogen-bond donors (Lipinski definition) is 2. The summed E-state index contributed by atoms with van der Waals surface area (Å²) < 4.78 is 0. The Balaban J connectivity index is 1.62. The van der Waals surface area contributed by atoms with Crippen molar-refractivity contribution in [2.75, 3.05) is 37.4 Å². The summed E-state index contributed by atoms with van der Waals surface area (Å²) >= 11 is 4.18. The SMILES string of the molecule is CN=C(NCC1CCSCC1)NCC1CCCS1. The molecule has 0 aromatic rings. The Bertz CT molecular complexity index is 259. The van der Waals surface area contributed by atoms with Crippen LogP contribution in [0.4, 0.5) is 0 Å². The summed E-state index contributed by atoms with van der Waals surface area (Å²) in [6.45, 7) is 2.14. The molecule has 104 valence electrons. The van der Waals surface area contributed by atoms with E-state index in [-0.39, 0.29) is 0 Å². The lowest BCUT2D eigenvalue weighted by Crippen LogP contribution is -2.42. The van der Waals surface area contributed by atoms with E-state index in [1.807, 2.05) is 7.05 Å². The third kappa shape index (κ3) is 4.92. The highest BCUT2D eigenvalue weighted by atomic mass is 32.2. The van der Waals surface area contributed by atoms with Crippen molar-refractivity contribution in [3.63, 3.8) is 0 Å². The molecule has 2 aliphatic rings. The van der Waals surface area contributed by atoms with Gasteiger partial charge >= 0.3 is 0 Å². The fourth-order valence-corrected chi connectivity index (χ4v) is 4.83. The highest BCUT2D eigenvalue weighted by Gasteiger charge is 2.16. The first-order valence-electron chi connectivity index (χ1n) is 7.02. The molecule has 0 aromatic carbocycles. The van der Waals surface area contributed by atoms with Crippen LogP contribution in [-0.2, 0) is 0 Å². The van der Waals surface area contributed by atoms with E-state index in [4.69, 9.17) is 0 Å². The molecule has 3 nitrogen and oxygen atoms in total. The number of aliphatic imine (C=N–C) groups is 1. The van der Waals surface area contributed by atoms with Gasteiger partial charge in [-0.25, -0.2) is 0 Å². The first-order valence-corrected chi connectivity index (χ1v) is 9.22. The standard InChI is InChI=1S/C13H25N3S2/c1-14-13(16-10-12-3-2-6-18-12)15-9-11-4-7-17-8-5-11/h11-12H,2-10H2,1H3,(H2,14,15,16). The number of guanidine groups is 1. The Morgan fingerprint density at radius 2 is 1.89 bits per heavy atom. The monoisotopic (exact) mass is 287 g/mol. The van der Waals surface area contributed by atoms with Gasteiger partial charge in [-0.1, -0.05) is 0 Å². The van der Waals surface area contributed by atoms with Crippen LogP contribution in [0.15, 0.2) is 4.99 Å². The Morgan fingerprint density at radius 3 is 2.56 bits per heavy atom. The van der Waals surface area contributed by atoms with E-state index in [2.05, 4.69) is 39.1 Å². The zero-order valence-electron chi connectivity index (χ0n) is 11.3. The summed E-state index contributed by atoms with van der Waals surface area (Å²) in [6.07, 6.45) is 5.44. The van der Waals surface area contributed by atoms with Crippen LogP contribution in [0.3, 0.4) is 0 Å². The number of nitrogens with zero attached hydrogens (tertiary/aromatic N) is 1. The van der Waals surface area contributed by atoms with E-state index >= 15 is 0 Å². The molecule has 2 fully saturated rings. The second-order valence-corrected chi connectivity index (χ2v) is 7.66. The zero-order chi connectivity index (χ0) is 12.6. The quantitative estimate of drug-likeness (QED) is 0.614. The van der Waals surface area contributed by atoms with Gasteiger partial charge in [0.2, 0.25) is 0 Å². The van der Waals surface area contributed by atoms with Gasteiger partial charge in [0.1, 0.15) is 0 Å². The van der Waals surface area contributed by atoms with E-state index in [9.17, 15) is 0 Å². The maximum atomic E-state index is 4.31. The van der Waals surface area contributed by atoms with Gasteiger partial charge in [0.15, 0.2) is 5.96 Å². The Labute approximate surface area is 119 Å². The topological polar surface area (TPSA) is 36.4 Å². The van der Waals surface area contributed by atoms with E-state index in [0.29, 0.717) is 0 Å². The summed E-state index contributed by atoms with van der Waals surface area (Å²) in [5.41, 5.74) is 0. The lowest BCUT2D eigenvalue weighted by atomic mass is 10.0. The van der Waals surface area contributed by atoms with Crippen LogP contribution in [0.5, 0.6) is 0 Å². The van der Waals surface area contributed by atoms with Crippen LogP contribution >= 0.6 is 23.5 Å². The fourth-order valence-electron chi connectivity index (χ4n) is 2.43.